The summed E-state index contributed by atoms with van der Waals surface area (Å²) in [5.41, 5.74) is 1.45. The Balaban J connectivity index is 1.42. The summed E-state index contributed by atoms with van der Waals surface area (Å²) in [4.78, 5) is 16.6. The first-order valence-corrected chi connectivity index (χ1v) is 10.9. The van der Waals surface area contributed by atoms with Crippen molar-refractivity contribution in [2.75, 3.05) is 18.4 Å². The molecule has 9 heteroatoms. The van der Waals surface area contributed by atoms with Crippen molar-refractivity contribution < 1.29 is 22.0 Å². The lowest BCUT2D eigenvalue weighted by molar-refractivity contribution is -0.120. The summed E-state index contributed by atoms with van der Waals surface area (Å²) in [6.07, 6.45) is 4.12. The van der Waals surface area contributed by atoms with Crippen LogP contribution in [0.15, 0.2) is 70.4 Å². The minimum atomic E-state index is -3.78. The van der Waals surface area contributed by atoms with E-state index in [4.69, 9.17) is 4.42 Å². The van der Waals surface area contributed by atoms with Gasteiger partial charge < -0.3 is 9.73 Å². The molecule has 1 unspecified atom stereocenters. The van der Waals surface area contributed by atoms with E-state index in [0.717, 1.165) is 17.7 Å². The lowest BCUT2D eigenvalue weighted by Crippen LogP contribution is -2.43. The van der Waals surface area contributed by atoms with E-state index in [2.05, 4.69) is 10.3 Å². The molecule has 1 atom stereocenters. The summed E-state index contributed by atoms with van der Waals surface area (Å²) in [5, 5.41) is 2.85. The van der Waals surface area contributed by atoms with Crippen molar-refractivity contribution in [3.63, 3.8) is 0 Å². The molecule has 7 nitrogen and oxygen atoms in total. The second-order valence-corrected chi connectivity index (χ2v) is 9.03. The molecule has 1 amide bonds. The van der Waals surface area contributed by atoms with E-state index in [0.29, 0.717) is 30.8 Å². The molecule has 1 saturated heterocycles. The second kappa shape index (κ2) is 8.37. The third-order valence-corrected chi connectivity index (χ3v) is 6.95. The minimum absolute atomic E-state index is 0.0213. The smallest absolute Gasteiger partial charge is 0.243 e. The van der Waals surface area contributed by atoms with Crippen molar-refractivity contribution in [1.29, 1.82) is 0 Å². The van der Waals surface area contributed by atoms with Crippen LogP contribution in [-0.4, -0.2) is 36.7 Å². The SMILES string of the molecule is O=C(Nc1ccc(-c2cnco2)cc1)C1CCCN(S(=O)(=O)c2ccc(F)cc2)C1. The molecular formula is C21H20FN3O4S. The highest BCUT2D eigenvalue weighted by Gasteiger charge is 2.33. The van der Waals surface area contributed by atoms with Crippen LogP contribution in [0.2, 0.25) is 0 Å². The number of amides is 1. The molecular weight excluding hydrogens is 409 g/mol. The van der Waals surface area contributed by atoms with Crippen LogP contribution in [0.25, 0.3) is 11.3 Å². The Hall–Kier alpha value is -3.04. The van der Waals surface area contributed by atoms with Gasteiger partial charge >= 0.3 is 0 Å². The average Bonchev–Trinajstić information content (AvgIpc) is 3.30. The van der Waals surface area contributed by atoms with E-state index in [-0.39, 0.29) is 17.3 Å². The zero-order valence-corrected chi connectivity index (χ0v) is 16.8. The lowest BCUT2D eigenvalue weighted by Gasteiger charge is -2.31. The number of carbonyl (C=O) groups excluding carboxylic acids is 1. The molecule has 3 aromatic rings. The van der Waals surface area contributed by atoms with Gasteiger partial charge in [-0.3, -0.25) is 4.79 Å². The van der Waals surface area contributed by atoms with Gasteiger partial charge in [0.1, 0.15) is 5.82 Å². The van der Waals surface area contributed by atoms with Crippen LogP contribution in [0.5, 0.6) is 0 Å². The maximum atomic E-state index is 13.1. The highest BCUT2D eigenvalue weighted by Crippen LogP contribution is 2.26. The van der Waals surface area contributed by atoms with Gasteiger partial charge in [-0.2, -0.15) is 4.31 Å². The highest BCUT2D eigenvalue weighted by atomic mass is 32.2. The number of halogens is 1. The van der Waals surface area contributed by atoms with Gasteiger partial charge in [-0.1, -0.05) is 0 Å². The van der Waals surface area contributed by atoms with Crippen LogP contribution in [0.3, 0.4) is 0 Å². The molecule has 30 heavy (non-hydrogen) atoms. The molecule has 0 aliphatic carbocycles. The predicted molar refractivity (Wildman–Crippen MR) is 108 cm³/mol. The Labute approximate surface area is 173 Å². The number of aromatic nitrogens is 1. The number of hydrogen-bond donors (Lipinski definition) is 1. The van der Waals surface area contributed by atoms with Crippen molar-refractivity contribution >= 4 is 21.6 Å². The Morgan fingerprint density at radius 3 is 2.53 bits per heavy atom. The maximum absolute atomic E-state index is 13.1. The maximum Gasteiger partial charge on any atom is 0.243 e. The molecule has 0 spiro atoms. The molecule has 2 heterocycles. The number of nitrogens with zero attached hydrogens (tertiary/aromatic N) is 2. The third kappa shape index (κ3) is 4.27. The Kier molecular flexibility index (Phi) is 5.65. The third-order valence-electron chi connectivity index (χ3n) is 5.08. The zero-order valence-electron chi connectivity index (χ0n) is 16.0. The molecule has 4 rings (SSSR count). The number of sulfonamides is 1. The summed E-state index contributed by atoms with van der Waals surface area (Å²) >= 11 is 0. The van der Waals surface area contributed by atoms with E-state index in [1.165, 1.54) is 22.8 Å². The lowest BCUT2D eigenvalue weighted by atomic mass is 9.98. The number of piperidine rings is 1. The van der Waals surface area contributed by atoms with Gasteiger partial charge in [0, 0.05) is 24.3 Å². The van der Waals surface area contributed by atoms with Gasteiger partial charge in [-0.25, -0.2) is 17.8 Å². The van der Waals surface area contributed by atoms with E-state index >= 15 is 0 Å². The van der Waals surface area contributed by atoms with E-state index in [1.54, 1.807) is 18.3 Å². The fraction of sp³-hybridized carbons (Fsp3) is 0.238. The number of nitrogens with one attached hydrogen (secondary N) is 1. The quantitative estimate of drug-likeness (QED) is 0.670. The normalized spacial score (nSPS) is 17.6. The molecule has 1 aromatic heterocycles. The van der Waals surface area contributed by atoms with Crippen LogP contribution >= 0.6 is 0 Å². The summed E-state index contributed by atoms with van der Waals surface area (Å²) in [6, 6.07) is 11.8. The van der Waals surface area contributed by atoms with Gasteiger partial charge in [-0.15, -0.1) is 0 Å². The van der Waals surface area contributed by atoms with Crippen LogP contribution in [0, 0.1) is 11.7 Å². The number of benzene rings is 2. The van der Waals surface area contributed by atoms with Gasteiger partial charge in [0.25, 0.3) is 0 Å². The highest BCUT2D eigenvalue weighted by molar-refractivity contribution is 7.89. The first kappa shape index (κ1) is 20.2. The number of oxazole rings is 1. The minimum Gasteiger partial charge on any atom is -0.444 e. The second-order valence-electron chi connectivity index (χ2n) is 7.09. The van der Waals surface area contributed by atoms with Crippen LogP contribution in [0.4, 0.5) is 10.1 Å². The largest absolute Gasteiger partial charge is 0.444 e. The molecule has 0 radical (unpaired) electrons. The van der Waals surface area contributed by atoms with Gasteiger partial charge in [0.2, 0.25) is 15.9 Å². The van der Waals surface area contributed by atoms with Gasteiger partial charge in [0.05, 0.1) is 17.0 Å². The average molecular weight is 429 g/mol. The van der Waals surface area contributed by atoms with Gasteiger partial charge in [0.15, 0.2) is 12.2 Å². The molecule has 1 aliphatic heterocycles. The molecule has 1 N–H and O–H groups in total. The molecule has 156 valence electrons. The number of anilines is 1. The summed E-state index contributed by atoms with van der Waals surface area (Å²) < 4.78 is 45.3. The van der Waals surface area contributed by atoms with Crippen molar-refractivity contribution in [3.05, 3.63) is 66.9 Å². The summed E-state index contributed by atoms with van der Waals surface area (Å²) in [6.45, 7) is 0.414. The molecule has 1 fully saturated rings. The zero-order chi connectivity index (χ0) is 21.1. The fourth-order valence-electron chi connectivity index (χ4n) is 3.45. The first-order valence-electron chi connectivity index (χ1n) is 9.49. The number of hydrogen-bond acceptors (Lipinski definition) is 5. The van der Waals surface area contributed by atoms with E-state index < -0.39 is 21.8 Å². The Bertz CT molecular complexity index is 1110. The van der Waals surface area contributed by atoms with Crippen molar-refractivity contribution in [2.45, 2.75) is 17.7 Å². The molecule has 2 aromatic carbocycles. The summed E-state index contributed by atoms with van der Waals surface area (Å²) in [5.74, 6) is -0.578. The Morgan fingerprint density at radius 1 is 1.13 bits per heavy atom. The van der Waals surface area contributed by atoms with Crippen molar-refractivity contribution in [3.8, 4) is 11.3 Å². The van der Waals surface area contributed by atoms with Crippen molar-refractivity contribution in [2.24, 2.45) is 5.92 Å². The monoisotopic (exact) mass is 429 g/mol. The van der Waals surface area contributed by atoms with E-state index in [9.17, 15) is 17.6 Å². The predicted octanol–water partition coefficient (Wildman–Crippen LogP) is 3.52. The summed E-state index contributed by atoms with van der Waals surface area (Å²) in [7, 11) is -3.78. The van der Waals surface area contributed by atoms with Crippen LogP contribution < -0.4 is 5.32 Å². The van der Waals surface area contributed by atoms with Gasteiger partial charge in [-0.05, 0) is 61.4 Å². The van der Waals surface area contributed by atoms with Crippen molar-refractivity contribution in [1.82, 2.24) is 9.29 Å². The Morgan fingerprint density at radius 2 is 1.87 bits per heavy atom. The standard InChI is InChI=1S/C21H20FN3O4S/c22-17-5-9-19(10-6-17)30(27,28)25-11-1-2-16(13-25)21(26)24-18-7-3-15(4-8-18)20-12-23-14-29-20/h3-10,12,14,16H,1-2,11,13H2,(H,24,26). The number of rotatable bonds is 5. The first-order chi connectivity index (χ1) is 14.4. The van der Waals surface area contributed by atoms with Crippen LogP contribution in [0.1, 0.15) is 12.8 Å². The van der Waals surface area contributed by atoms with E-state index in [1.807, 2.05) is 12.1 Å². The fourth-order valence-corrected chi connectivity index (χ4v) is 4.97. The number of carbonyl (C=O) groups is 1. The molecule has 1 aliphatic rings. The molecule has 0 bridgehead atoms. The van der Waals surface area contributed by atoms with Crippen LogP contribution in [-0.2, 0) is 14.8 Å². The molecule has 0 saturated carbocycles. The topological polar surface area (TPSA) is 92.5 Å².